The summed E-state index contributed by atoms with van der Waals surface area (Å²) in [5.74, 6) is -0.433. The van der Waals surface area contributed by atoms with Gasteiger partial charge in [0.05, 0.1) is 0 Å². The van der Waals surface area contributed by atoms with Crippen LogP contribution in [-0.2, 0) is 10.1 Å². The van der Waals surface area contributed by atoms with Crippen molar-refractivity contribution in [2.24, 2.45) is 0 Å². The molecule has 0 radical (unpaired) electrons. The number of rotatable bonds is 1. The Labute approximate surface area is 79.2 Å². The molecule has 12 heavy (non-hydrogen) atoms. The number of phenolic OH excluding ortho intramolecular Hbond substituents is 1. The molecular weight excluding hydrogens is 175 g/mol. The number of hydrogen-bond donors (Lipinski definition) is 2. The first-order chi connectivity index (χ1) is 5.43. The summed E-state index contributed by atoms with van der Waals surface area (Å²) in [6.45, 7) is 0. The molecule has 0 heterocycles. The van der Waals surface area contributed by atoms with Gasteiger partial charge in [-0.3, -0.25) is 0 Å². The topological polar surface area (TPSA) is 74.6 Å². The van der Waals surface area contributed by atoms with Crippen LogP contribution in [0.25, 0.3) is 0 Å². The molecule has 60 valence electrons. The molecule has 0 amide bonds. The van der Waals surface area contributed by atoms with Crippen LogP contribution in [-0.4, -0.2) is 35.8 Å². The van der Waals surface area contributed by atoms with E-state index in [-0.39, 0.29) is 0 Å². The summed E-state index contributed by atoms with van der Waals surface area (Å²) in [4.78, 5) is -0.426. The van der Waals surface area contributed by atoms with E-state index >= 15 is 0 Å². The van der Waals surface area contributed by atoms with Gasteiger partial charge in [-0.1, -0.05) is 0 Å². The molecular formula is C6H5LiO4S. The quantitative estimate of drug-likeness (QED) is 0.448. The van der Waals surface area contributed by atoms with Crippen molar-refractivity contribution < 1.29 is 18.1 Å². The minimum atomic E-state index is -4.31. The molecule has 0 fully saturated rings. The maximum atomic E-state index is 10.7. The molecule has 0 aliphatic rings. The molecule has 1 rings (SSSR count). The predicted molar refractivity (Wildman–Crippen MR) is 43.3 cm³/mol. The second-order valence-electron chi connectivity index (χ2n) is 2.40. The van der Waals surface area contributed by atoms with E-state index < -0.39 is 20.8 Å². The van der Waals surface area contributed by atoms with E-state index in [0.29, 0.717) is 4.24 Å². The van der Waals surface area contributed by atoms with Gasteiger partial charge in [-0.2, -0.15) is 0 Å². The first kappa shape index (κ1) is 9.61. The predicted octanol–water partition coefficient (Wildman–Crippen LogP) is -0.567. The SMILES string of the molecule is [Li][c]1cccc(O)c1S(=O)(=O)O. The second-order valence-corrected chi connectivity index (χ2v) is 3.76. The van der Waals surface area contributed by atoms with Crippen molar-refractivity contribution >= 4 is 32.1 Å². The molecule has 1 aromatic rings. The van der Waals surface area contributed by atoms with Crippen LogP contribution in [0.4, 0.5) is 0 Å². The van der Waals surface area contributed by atoms with Crippen LogP contribution in [0.3, 0.4) is 0 Å². The fourth-order valence-electron chi connectivity index (χ4n) is 0.973. The molecule has 0 atom stereocenters. The Morgan fingerprint density at radius 1 is 1.33 bits per heavy atom. The summed E-state index contributed by atoms with van der Waals surface area (Å²) in [6, 6.07) is 4.19. The second kappa shape index (κ2) is 3.11. The van der Waals surface area contributed by atoms with Crippen LogP contribution in [0.2, 0.25) is 0 Å². The van der Waals surface area contributed by atoms with Crippen molar-refractivity contribution in [2.75, 3.05) is 0 Å². The maximum absolute atomic E-state index is 10.7. The molecule has 0 unspecified atom stereocenters. The van der Waals surface area contributed by atoms with Crippen molar-refractivity contribution in [1.29, 1.82) is 0 Å². The van der Waals surface area contributed by atoms with Crippen LogP contribution in [0, 0.1) is 0 Å². The van der Waals surface area contributed by atoms with Crippen LogP contribution >= 0.6 is 0 Å². The molecule has 2 N–H and O–H groups in total. The summed E-state index contributed by atoms with van der Waals surface area (Å²) < 4.78 is 30.3. The molecule has 1 aromatic carbocycles. The van der Waals surface area contributed by atoms with Crippen molar-refractivity contribution in [2.45, 2.75) is 4.90 Å². The zero-order valence-electron chi connectivity index (χ0n) is 6.35. The summed E-state index contributed by atoms with van der Waals surface area (Å²) in [6.07, 6.45) is 0. The van der Waals surface area contributed by atoms with Gasteiger partial charge in [0, 0.05) is 0 Å². The summed E-state index contributed by atoms with van der Waals surface area (Å²) in [5, 5.41) is 9.09. The zero-order valence-corrected chi connectivity index (χ0v) is 7.17. The van der Waals surface area contributed by atoms with Crippen LogP contribution < -0.4 is 4.24 Å². The molecule has 0 bridgehead atoms. The normalized spacial score (nSPS) is 11.6. The summed E-state index contributed by atoms with van der Waals surface area (Å²) in [7, 11) is -4.31. The fourth-order valence-corrected chi connectivity index (χ4v) is 1.78. The number of hydrogen-bond acceptors (Lipinski definition) is 3. The number of aromatic hydroxyl groups is 1. The Morgan fingerprint density at radius 2 is 1.92 bits per heavy atom. The number of phenols is 1. The summed E-state index contributed by atoms with van der Waals surface area (Å²) in [5.41, 5.74) is 0. The van der Waals surface area contributed by atoms with Gasteiger partial charge in [0.25, 0.3) is 0 Å². The monoisotopic (exact) mass is 180 g/mol. The van der Waals surface area contributed by atoms with Gasteiger partial charge in [-0.05, 0) is 0 Å². The fraction of sp³-hybridized carbons (Fsp3) is 0. The molecule has 6 heteroatoms. The molecule has 0 saturated carbocycles. The van der Waals surface area contributed by atoms with E-state index in [0.717, 1.165) is 0 Å². The zero-order chi connectivity index (χ0) is 9.35. The van der Waals surface area contributed by atoms with Gasteiger partial charge < -0.3 is 0 Å². The van der Waals surface area contributed by atoms with E-state index in [9.17, 15) is 8.42 Å². The average Bonchev–Trinajstić information content (AvgIpc) is 1.82. The first-order valence-corrected chi connectivity index (χ1v) is 4.63. The third-order valence-corrected chi connectivity index (χ3v) is 2.50. The Bertz CT molecular complexity index is 378. The van der Waals surface area contributed by atoms with Gasteiger partial charge in [0.1, 0.15) is 0 Å². The Hall–Kier alpha value is -0.473. The van der Waals surface area contributed by atoms with Crippen LogP contribution in [0.5, 0.6) is 5.75 Å². The Balaban J connectivity index is 3.53. The van der Waals surface area contributed by atoms with Gasteiger partial charge in [0.15, 0.2) is 0 Å². The average molecular weight is 180 g/mol. The third kappa shape index (κ3) is 1.82. The molecule has 0 aliphatic carbocycles. The van der Waals surface area contributed by atoms with Crippen LogP contribution in [0.15, 0.2) is 23.1 Å². The number of benzene rings is 1. The van der Waals surface area contributed by atoms with Gasteiger partial charge >= 0.3 is 79.0 Å². The van der Waals surface area contributed by atoms with Crippen molar-refractivity contribution in [3.63, 3.8) is 0 Å². The van der Waals surface area contributed by atoms with E-state index in [2.05, 4.69) is 0 Å². The molecule has 0 saturated heterocycles. The van der Waals surface area contributed by atoms with Crippen molar-refractivity contribution in [1.82, 2.24) is 0 Å². The third-order valence-electron chi connectivity index (χ3n) is 1.45. The van der Waals surface area contributed by atoms with E-state index in [1.807, 2.05) is 0 Å². The molecule has 0 aliphatic heterocycles. The first-order valence-electron chi connectivity index (χ1n) is 3.19. The van der Waals surface area contributed by atoms with E-state index in [1.54, 1.807) is 0 Å². The molecule has 4 nitrogen and oxygen atoms in total. The van der Waals surface area contributed by atoms with Crippen molar-refractivity contribution in [3.05, 3.63) is 18.2 Å². The van der Waals surface area contributed by atoms with Gasteiger partial charge in [-0.25, -0.2) is 0 Å². The van der Waals surface area contributed by atoms with E-state index in [4.69, 9.17) is 9.66 Å². The van der Waals surface area contributed by atoms with E-state index in [1.165, 1.54) is 35.9 Å². The Kier molecular flexibility index (Phi) is 2.49. The van der Waals surface area contributed by atoms with Crippen molar-refractivity contribution in [3.8, 4) is 5.75 Å². The standard InChI is InChI=1S/C6H5O4S.Li/c7-5-3-1-2-4-6(5)11(8,9)10;/h1-3,7H,(H,8,9,10);. The Morgan fingerprint density at radius 3 is 2.25 bits per heavy atom. The van der Waals surface area contributed by atoms with Gasteiger partial charge in [0.2, 0.25) is 0 Å². The van der Waals surface area contributed by atoms with Crippen LogP contribution in [0.1, 0.15) is 0 Å². The van der Waals surface area contributed by atoms with Gasteiger partial charge in [-0.15, -0.1) is 0 Å². The minimum absolute atomic E-state index is 0.317. The molecule has 0 spiro atoms. The molecule has 0 aromatic heterocycles. The summed E-state index contributed by atoms with van der Waals surface area (Å²) >= 11 is 1.49.